The quantitative estimate of drug-likeness (QED) is 0.564. The van der Waals surface area contributed by atoms with Gasteiger partial charge in [-0.3, -0.25) is 11.3 Å². The molecule has 3 nitrogen and oxygen atoms in total. The van der Waals surface area contributed by atoms with Crippen molar-refractivity contribution in [3.8, 4) is 5.75 Å². The fourth-order valence-electron chi connectivity index (χ4n) is 1.94. The van der Waals surface area contributed by atoms with Gasteiger partial charge in [-0.05, 0) is 12.0 Å². The molecule has 0 spiro atoms. The molecular formula is C11H16N2O. The maximum atomic E-state index is 5.62. The zero-order valence-corrected chi connectivity index (χ0v) is 8.42. The Hall–Kier alpha value is -1.06. The maximum Gasteiger partial charge on any atom is 0.127 e. The Morgan fingerprint density at radius 1 is 1.57 bits per heavy atom. The van der Waals surface area contributed by atoms with Crippen molar-refractivity contribution in [2.75, 3.05) is 6.61 Å². The molecular weight excluding hydrogens is 176 g/mol. The Balaban J connectivity index is 2.38. The first kappa shape index (κ1) is 9.49. The number of ether oxygens (including phenoxy) is 1. The van der Waals surface area contributed by atoms with Crippen LogP contribution >= 0.6 is 0 Å². The van der Waals surface area contributed by atoms with Crippen molar-refractivity contribution in [2.24, 2.45) is 5.84 Å². The van der Waals surface area contributed by atoms with Crippen molar-refractivity contribution < 1.29 is 4.74 Å². The third-order valence-electron chi connectivity index (χ3n) is 2.73. The molecule has 1 aliphatic heterocycles. The van der Waals surface area contributed by atoms with Gasteiger partial charge in [-0.1, -0.05) is 25.1 Å². The SMILES string of the molecule is CCC(NN)c1cccc2c1OCC2. The zero-order valence-electron chi connectivity index (χ0n) is 8.42. The number of hydrogen-bond donors (Lipinski definition) is 2. The van der Waals surface area contributed by atoms with E-state index < -0.39 is 0 Å². The summed E-state index contributed by atoms with van der Waals surface area (Å²) < 4.78 is 5.62. The second kappa shape index (κ2) is 3.98. The van der Waals surface area contributed by atoms with Crippen LogP contribution in [-0.2, 0) is 6.42 Å². The summed E-state index contributed by atoms with van der Waals surface area (Å²) in [7, 11) is 0. The fraction of sp³-hybridized carbons (Fsp3) is 0.455. The Bertz CT molecular complexity index is 321. The van der Waals surface area contributed by atoms with Crippen molar-refractivity contribution in [2.45, 2.75) is 25.8 Å². The van der Waals surface area contributed by atoms with E-state index in [1.807, 2.05) is 0 Å². The predicted molar refractivity (Wildman–Crippen MR) is 56.0 cm³/mol. The molecule has 2 rings (SSSR count). The van der Waals surface area contributed by atoms with Gasteiger partial charge in [-0.2, -0.15) is 0 Å². The van der Waals surface area contributed by atoms with E-state index >= 15 is 0 Å². The molecule has 0 radical (unpaired) electrons. The second-order valence-corrected chi connectivity index (χ2v) is 3.56. The van der Waals surface area contributed by atoms with Crippen LogP contribution in [0.2, 0.25) is 0 Å². The van der Waals surface area contributed by atoms with E-state index in [1.165, 1.54) is 11.1 Å². The molecule has 0 fully saturated rings. The van der Waals surface area contributed by atoms with Crippen LogP contribution in [-0.4, -0.2) is 6.61 Å². The summed E-state index contributed by atoms with van der Waals surface area (Å²) in [4.78, 5) is 0. The average Bonchev–Trinajstić information content (AvgIpc) is 2.68. The number of rotatable bonds is 3. The lowest BCUT2D eigenvalue weighted by Gasteiger charge is -2.16. The summed E-state index contributed by atoms with van der Waals surface area (Å²) in [6, 6.07) is 6.47. The Labute approximate surface area is 84.2 Å². The van der Waals surface area contributed by atoms with Gasteiger partial charge in [-0.25, -0.2) is 0 Å². The third-order valence-corrected chi connectivity index (χ3v) is 2.73. The fourth-order valence-corrected chi connectivity index (χ4v) is 1.94. The van der Waals surface area contributed by atoms with E-state index in [2.05, 4.69) is 30.5 Å². The van der Waals surface area contributed by atoms with Crippen LogP contribution in [0, 0.1) is 0 Å². The van der Waals surface area contributed by atoms with E-state index in [1.54, 1.807) is 0 Å². The van der Waals surface area contributed by atoms with Crippen molar-refractivity contribution in [1.82, 2.24) is 5.43 Å². The molecule has 3 N–H and O–H groups in total. The number of nitrogens with two attached hydrogens (primary N) is 1. The van der Waals surface area contributed by atoms with Gasteiger partial charge in [0.15, 0.2) is 0 Å². The molecule has 0 aliphatic carbocycles. The monoisotopic (exact) mass is 192 g/mol. The molecule has 3 heteroatoms. The number of para-hydroxylation sites is 1. The van der Waals surface area contributed by atoms with Gasteiger partial charge in [-0.15, -0.1) is 0 Å². The zero-order chi connectivity index (χ0) is 9.97. The number of fused-ring (bicyclic) bond motifs is 1. The molecule has 1 aromatic carbocycles. The first-order chi connectivity index (χ1) is 6.86. The lowest BCUT2D eigenvalue weighted by atomic mass is 10.0. The van der Waals surface area contributed by atoms with Crippen molar-refractivity contribution in [1.29, 1.82) is 0 Å². The first-order valence-electron chi connectivity index (χ1n) is 5.07. The predicted octanol–water partition coefficient (Wildman–Crippen LogP) is 1.54. The minimum atomic E-state index is 0.197. The van der Waals surface area contributed by atoms with Crippen LogP contribution in [0.4, 0.5) is 0 Å². The van der Waals surface area contributed by atoms with E-state index in [0.717, 1.165) is 25.2 Å². The van der Waals surface area contributed by atoms with E-state index in [9.17, 15) is 0 Å². The molecule has 1 atom stereocenters. The Morgan fingerprint density at radius 3 is 3.14 bits per heavy atom. The largest absolute Gasteiger partial charge is 0.493 e. The lowest BCUT2D eigenvalue weighted by molar-refractivity contribution is 0.347. The lowest BCUT2D eigenvalue weighted by Crippen LogP contribution is -2.27. The van der Waals surface area contributed by atoms with Crippen LogP contribution in [0.5, 0.6) is 5.75 Å². The van der Waals surface area contributed by atoms with Gasteiger partial charge >= 0.3 is 0 Å². The number of nitrogens with one attached hydrogen (secondary N) is 1. The Morgan fingerprint density at radius 2 is 2.43 bits per heavy atom. The molecule has 1 aliphatic rings. The number of hydrogen-bond acceptors (Lipinski definition) is 3. The van der Waals surface area contributed by atoms with Gasteiger partial charge in [0.1, 0.15) is 5.75 Å². The second-order valence-electron chi connectivity index (χ2n) is 3.56. The molecule has 76 valence electrons. The summed E-state index contributed by atoms with van der Waals surface area (Å²) in [5, 5.41) is 0. The van der Waals surface area contributed by atoms with E-state index in [4.69, 9.17) is 10.6 Å². The topological polar surface area (TPSA) is 47.3 Å². The van der Waals surface area contributed by atoms with Crippen LogP contribution in [0.3, 0.4) is 0 Å². The summed E-state index contributed by atoms with van der Waals surface area (Å²) in [6.07, 6.45) is 1.99. The van der Waals surface area contributed by atoms with Gasteiger partial charge in [0.2, 0.25) is 0 Å². The van der Waals surface area contributed by atoms with Gasteiger partial charge in [0.25, 0.3) is 0 Å². The number of benzene rings is 1. The highest BCUT2D eigenvalue weighted by Crippen LogP contribution is 2.34. The Kier molecular flexibility index (Phi) is 2.70. The maximum absolute atomic E-state index is 5.62. The molecule has 0 aromatic heterocycles. The first-order valence-corrected chi connectivity index (χ1v) is 5.07. The molecule has 0 amide bonds. The highest BCUT2D eigenvalue weighted by atomic mass is 16.5. The minimum absolute atomic E-state index is 0.197. The summed E-state index contributed by atoms with van der Waals surface area (Å²) in [5.74, 6) is 6.54. The smallest absolute Gasteiger partial charge is 0.127 e. The molecule has 0 saturated carbocycles. The molecule has 1 heterocycles. The highest BCUT2D eigenvalue weighted by Gasteiger charge is 2.19. The summed E-state index contributed by atoms with van der Waals surface area (Å²) in [6.45, 7) is 2.91. The molecule has 1 aromatic rings. The van der Waals surface area contributed by atoms with E-state index in [0.29, 0.717) is 0 Å². The molecule has 0 bridgehead atoms. The average molecular weight is 192 g/mol. The summed E-state index contributed by atoms with van der Waals surface area (Å²) in [5.41, 5.74) is 5.30. The standard InChI is InChI=1S/C11H16N2O/c1-2-10(13-12)9-5-3-4-8-6-7-14-11(8)9/h3-5,10,13H,2,6-7,12H2,1H3. The van der Waals surface area contributed by atoms with Crippen LogP contribution in [0.25, 0.3) is 0 Å². The van der Waals surface area contributed by atoms with Crippen molar-refractivity contribution >= 4 is 0 Å². The van der Waals surface area contributed by atoms with Crippen LogP contribution in [0.15, 0.2) is 18.2 Å². The van der Waals surface area contributed by atoms with Crippen LogP contribution < -0.4 is 16.0 Å². The van der Waals surface area contributed by atoms with Gasteiger partial charge < -0.3 is 4.74 Å². The highest BCUT2D eigenvalue weighted by molar-refractivity contribution is 5.45. The summed E-state index contributed by atoms with van der Waals surface area (Å²) >= 11 is 0. The van der Waals surface area contributed by atoms with Gasteiger partial charge in [0.05, 0.1) is 6.61 Å². The third kappa shape index (κ3) is 1.49. The molecule has 1 unspecified atom stereocenters. The van der Waals surface area contributed by atoms with Crippen molar-refractivity contribution in [3.63, 3.8) is 0 Å². The normalized spacial score (nSPS) is 16.1. The van der Waals surface area contributed by atoms with Gasteiger partial charge in [0, 0.05) is 18.0 Å². The van der Waals surface area contributed by atoms with Crippen molar-refractivity contribution in [3.05, 3.63) is 29.3 Å². The van der Waals surface area contributed by atoms with Crippen LogP contribution in [0.1, 0.15) is 30.5 Å². The molecule has 14 heavy (non-hydrogen) atoms. The minimum Gasteiger partial charge on any atom is -0.493 e. The molecule has 0 saturated heterocycles. The van der Waals surface area contributed by atoms with E-state index in [-0.39, 0.29) is 6.04 Å². The number of hydrazine groups is 1.